The zero-order chi connectivity index (χ0) is 24.4. The van der Waals surface area contributed by atoms with Crippen molar-refractivity contribution in [2.75, 3.05) is 5.73 Å². The second-order valence-electron chi connectivity index (χ2n) is 8.12. The van der Waals surface area contributed by atoms with Crippen LogP contribution in [0.15, 0.2) is 72.8 Å². The highest BCUT2D eigenvalue weighted by Gasteiger charge is 2.28. The Morgan fingerprint density at radius 2 is 1.56 bits per heavy atom. The fourth-order valence-electron chi connectivity index (χ4n) is 3.85. The average Bonchev–Trinajstić information content (AvgIpc) is 3.16. The Balaban J connectivity index is 1.81. The van der Waals surface area contributed by atoms with Gasteiger partial charge < -0.3 is 16.0 Å². The Hall–Kier alpha value is -3.54. The number of aromatic amines is 1. The Morgan fingerprint density at radius 1 is 0.941 bits per heavy atom. The molecule has 4 N–H and O–H groups in total. The van der Waals surface area contributed by atoms with Crippen LogP contribution in [0.1, 0.15) is 50.5 Å². The van der Waals surface area contributed by atoms with Crippen molar-refractivity contribution in [3.63, 3.8) is 0 Å². The number of hydrogen-bond donors (Lipinski definition) is 3. The molecule has 0 aliphatic heterocycles. The lowest BCUT2D eigenvalue weighted by Crippen LogP contribution is -2.27. The van der Waals surface area contributed by atoms with Gasteiger partial charge in [0, 0.05) is 21.2 Å². The summed E-state index contributed by atoms with van der Waals surface area (Å²) in [6.07, 6.45) is 0. The van der Waals surface area contributed by atoms with E-state index in [2.05, 4.69) is 10.3 Å². The van der Waals surface area contributed by atoms with Crippen LogP contribution in [-0.2, 0) is 0 Å². The van der Waals surface area contributed by atoms with Crippen LogP contribution in [0, 0.1) is 6.92 Å². The standard InChI is InChI=1S/C27H23Cl2N3O2/c1-15-8-10-17(11-9-15)16(2)31-27(34)23-22(19-12-20(28)14-21(29)13-19)24(32-26(23)30)25(33)18-6-4-3-5-7-18/h3-14,16,32H,30H2,1-2H3,(H,31,34)/t16-/m0/s1. The first-order valence-corrected chi connectivity index (χ1v) is 11.4. The average molecular weight is 492 g/mol. The van der Waals surface area contributed by atoms with Gasteiger partial charge in [-0.05, 0) is 43.2 Å². The van der Waals surface area contributed by atoms with E-state index in [0.717, 1.165) is 11.1 Å². The number of carbonyl (C=O) groups is 2. The van der Waals surface area contributed by atoms with Crippen LogP contribution in [0.3, 0.4) is 0 Å². The van der Waals surface area contributed by atoms with Gasteiger partial charge in [-0.3, -0.25) is 9.59 Å². The van der Waals surface area contributed by atoms with Crippen LogP contribution >= 0.6 is 23.2 Å². The molecule has 0 aliphatic carbocycles. The molecule has 7 heteroatoms. The Bertz CT molecular complexity index is 1340. The number of carbonyl (C=O) groups excluding carboxylic acids is 2. The van der Waals surface area contributed by atoms with E-state index in [1.165, 1.54) is 0 Å². The number of ketones is 1. The number of rotatable bonds is 6. The summed E-state index contributed by atoms with van der Waals surface area (Å²) in [6.45, 7) is 3.89. The van der Waals surface area contributed by atoms with Crippen molar-refractivity contribution in [2.45, 2.75) is 19.9 Å². The van der Waals surface area contributed by atoms with Gasteiger partial charge in [0.2, 0.25) is 5.78 Å². The number of benzene rings is 3. The molecule has 1 aromatic heterocycles. The van der Waals surface area contributed by atoms with Crippen molar-refractivity contribution in [3.05, 3.63) is 111 Å². The molecule has 34 heavy (non-hydrogen) atoms. The molecule has 0 aliphatic rings. The molecule has 5 nitrogen and oxygen atoms in total. The zero-order valence-electron chi connectivity index (χ0n) is 18.7. The molecule has 0 saturated heterocycles. The van der Waals surface area contributed by atoms with E-state index in [1.807, 2.05) is 44.2 Å². The third-order valence-corrected chi connectivity index (χ3v) is 6.03. The van der Waals surface area contributed by atoms with Gasteiger partial charge in [-0.2, -0.15) is 0 Å². The summed E-state index contributed by atoms with van der Waals surface area (Å²) in [4.78, 5) is 29.8. The predicted molar refractivity (Wildman–Crippen MR) is 138 cm³/mol. The summed E-state index contributed by atoms with van der Waals surface area (Å²) >= 11 is 12.5. The molecule has 0 saturated carbocycles. The fourth-order valence-corrected chi connectivity index (χ4v) is 4.38. The van der Waals surface area contributed by atoms with Crippen LogP contribution in [0.2, 0.25) is 10.0 Å². The summed E-state index contributed by atoms with van der Waals surface area (Å²) in [7, 11) is 0. The highest BCUT2D eigenvalue weighted by molar-refractivity contribution is 6.35. The number of amides is 1. The number of nitrogens with two attached hydrogens (primary N) is 1. The van der Waals surface area contributed by atoms with Gasteiger partial charge in [0.25, 0.3) is 5.91 Å². The van der Waals surface area contributed by atoms with Crippen molar-refractivity contribution in [1.29, 1.82) is 0 Å². The molecule has 0 radical (unpaired) electrons. The predicted octanol–water partition coefficient (Wildman–Crippen LogP) is 6.60. The minimum Gasteiger partial charge on any atom is -0.385 e. The normalized spacial score (nSPS) is 11.8. The van der Waals surface area contributed by atoms with Gasteiger partial charge in [-0.15, -0.1) is 0 Å². The molecule has 172 valence electrons. The molecule has 1 amide bonds. The quantitative estimate of drug-likeness (QED) is 0.265. The lowest BCUT2D eigenvalue weighted by molar-refractivity contribution is 0.0941. The largest absolute Gasteiger partial charge is 0.385 e. The highest BCUT2D eigenvalue weighted by atomic mass is 35.5. The second-order valence-corrected chi connectivity index (χ2v) is 9.00. The summed E-state index contributed by atoms with van der Waals surface area (Å²) in [5.74, 6) is -0.636. The van der Waals surface area contributed by atoms with Crippen molar-refractivity contribution in [2.24, 2.45) is 0 Å². The van der Waals surface area contributed by atoms with Crippen molar-refractivity contribution >= 4 is 40.7 Å². The number of nitrogens with one attached hydrogen (secondary N) is 2. The van der Waals surface area contributed by atoms with Crippen molar-refractivity contribution in [3.8, 4) is 11.1 Å². The van der Waals surface area contributed by atoms with Crippen LogP contribution in [0.5, 0.6) is 0 Å². The lowest BCUT2D eigenvalue weighted by Gasteiger charge is -2.16. The van der Waals surface area contributed by atoms with Gasteiger partial charge in [0.15, 0.2) is 0 Å². The van der Waals surface area contributed by atoms with Gasteiger partial charge in [0.1, 0.15) is 5.82 Å². The van der Waals surface area contributed by atoms with Crippen LogP contribution in [-0.4, -0.2) is 16.7 Å². The maximum Gasteiger partial charge on any atom is 0.256 e. The molecule has 4 aromatic rings. The van der Waals surface area contributed by atoms with Gasteiger partial charge >= 0.3 is 0 Å². The van der Waals surface area contributed by atoms with E-state index in [4.69, 9.17) is 28.9 Å². The van der Waals surface area contributed by atoms with Crippen LogP contribution in [0.4, 0.5) is 5.82 Å². The number of anilines is 1. The Labute approximate surface area is 207 Å². The molecule has 0 bridgehead atoms. The minimum absolute atomic E-state index is 0.0824. The first-order valence-electron chi connectivity index (χ1n) is 10.7. The van der Waals surface area contributed by atoms with E-state index in [0.29, 0.717) is 26.7 Å². The number of hydrogen-bond acceptors (Lipinski definition) is 3. The minimum atomic E-state index is -0.417. The van der Waals surface area contributed by atoms with Gasteiger partial charge in [-0.25, -0.2) is 0 Å². The third kappa shape index (κ3) is 4.86. The van der Waals surface area contributed by atoms with Crippen LogP contribution < -0.4 is 11.1 Å². The first kappa shape index (κ1) is 23.6. The molecule has 1 heterocycles. The molecular formula is C27H23Cl2N3O2. The fraction of sp³-hybridized carbons (Fsp3) is 0.111. The van der Waals surface area contributed by atoms with Crippen molar-refractivity contribution < 1.29 is 9.59 Å². The van der Waals surface area contributed by atoms with Crippen LogP contribution in [0.25, 0.3) is 11.1 Å². The summed E-state index contributed by atoms with van der Waals surface area (Å²) in [5.41, 5.74) is 10.0. The molecule has 0 spiro atoms. The molecule has 0 fully saturated rings. The number of nitrogen functional groups attached to an aromatic ring is 1. The van der Waals surface area contributed by atoms with Gasteiger partial charge in [0.05, 0.1) is 17.3 Å². The molecule has 3 aromatic carbocycles. The Kier molecular flexibility index (Phi) is 6.77. The first-order chi connectivity index (χ1) is 16.2. The van der Waals surface area contributed by atoms with Gasteiger partial charge in [-0.1, -0.05) is 83.4 Å². The monoisotopic (exact) mass is 491 g/mol. The molecular weight excluding hydrogens is 469 g/mol. The zero-order valence-corrected chi connectivity index (χ0v) is 20.2. The SMILES string of the molecule is Cc1ccc([C@H](C)NC(=O)c2c(N)[nH]c(C(=O)c3ccccc3)c2-c2cc(Cl)cc(Cl)c2)cc1. The second kappa shape index (κ2) is 9.75. The number of aryl methyl sites for hydroxylation is 1. The lowest BCUT2D eigenvalue weighted by atomic mass is 9.96. The number of aromatic nitrogens is 1. The molecule has 1 atom stereocenters. The van der Waals surface area contributed by atoms with E-state index in [9.17, 15) is 9.59 Å². The molecule has 4 rings (SSSR count). The topological polar surface area (TPSA) is 88.0 Å². The molecule has 0 unspecified atom stereocenters. The Morgan fingerprint density at radius 3 is 2.18 bits per heavy atom. The van der Waals surface area contributed by atoms with E-state index >= 15 is 0 Å². The number of H-pyrrole nitrogens is 1. The van der Waals surface area contributed by atoms with E-state index in [1.54, 1.807) is 42.5 Å². The summed E-state index contributed by atoms with van der Waals surface area (Å²) < 4.78 is 0. The van der Waals surface area contributed by atoms with E-state index < -0.39 is 5.91 Å². The highest BCUT2D eigenvalue weighted by Crippen LogP contribution is 2.36. The number of halogens is 2. The van der Waals surface area contributed by atoms with Crippen molar-refractivity contribution in [1.82, 2.24) is 10.3 Å². The maximum absolute atomic E-state index is 13.5. The third-order valence-electron chi connectivity index (χ3n) is 5.60. The van der Waals surface area contributed by atoms with E-state index in [-0.39, 0.29) is 28.9 Å². The maximum atomic E-state index is 13.5. The smallest absolute Gasteiger partial charge is 0.256 e. The summed E-state index contributed by atoms with van der Waals surface area (Å²) in [6, 6.07) is 21.3. The summed E-state index contributed by atoms with van der Waals surface area (Å²) in [5, 5.41) is 3.74.